The van der Waals surface area contributed by atoms with Crippen molar-refractivity contribution in [2.24, 2.45) is 0 Å². The van der Waals surface area contributed by atoms with E-state index in [4.69, 9.17) is 5.11 Å². The van der Waals surface area contributed by atoms with Crippen molar-refractivity contribution >= 4 is 17.4 Å². The Morgan fingerprint density at radius 2 is 1.78 bits per heavy atom. The van der Waals surface area contributed by atoms with E-state index in [9.17, 15) is 28.3 Å². The zero-order valence-electron chi connectivity index (χ0n) is 13.6. The van der Waals surface area contributed by atoms with Gasteiger partial charge in [0.05, 0.1) is 6.54 Å². The van der Waals surface area contributed by atoms with E-state index in [1.165, 1.54) is 24.4 Å². The average Bonchev–Trinajstić information content (AvgIpc) is 3.09. The quantitative estimate of drug-likeness (QED) is 0.613. The summed E-state index contributed by atoms with van der Waals surface area (Å²) < 4.78 is 30.0. The predicted octanol–water partition coefficient (Wildman–Crippen LogP) is 0.947. The lowest BCUT2D eigenvalue weighted by Gasteiger charge is -2.15. The number of nitrogens with one attached hydrogen (secondary N) is 1. The minimum atomic E-state index is -1.35. The number of fused-ring (bicyclic) bond motifs is 1. The summed E-state index contributed by atoms with van der Waals surface area (Å²) in [5.74, 6) is -4.90. The van der Waals surface area contributed by atoms with Gasteiger partial charge in [0.2, 0.25) is 0 Å². The van der Waals surface area contributed by atoms with Gasteiger partial charge < -0.3 is 15.5 Å². The third-order valence-corrected chi connectivity index (χ3v) is 3.91. The fourth-order valence-electron chi connectivity index (χ4n) is 2.66. The number of amides is 1. The molecule has 0 aliphatic rings. The van der Waals surface area contributed by atoms with Gasteiger partial charge in [-0.3, -0.25) is 18.9 Å². The van der Waals surface area contributed by atoms with Crippen LogP contribution in [-0.2, 0) is 11.3 Å². The second kappa shape index (κ2) is 6.90. The Morgan fingerprint density at radius 3 is 2.41 bits per heavy atom. The average molecular weight is 377 g/mol. The molecule has 0 unspecified atom stereocenters. The number of aliphatic carboxylic acids is 1. The molecule has 8 nitrogen and oxygen atoms in total. The third-order valence-electron chi connectivity index (χ3n) is 3.91. The van der Waals surface area contributed by atoms with Crippen molar-refractivity contribution in [2.45, 2.75) is 6.54 Å². The van der Waals surface area contributed by atoms with E-state index >= 15 is 0 Å². The molecule has 3 aromatic rings. The van der Waals surface area contributed by atoms with Crippen LogP contribution in [0.3, 0.4) is 0 Å². The summed E-state index contributed by atoms with van der Waals surface area (Å²) >= 11 is 0. The van der Waals surface area contributed by atoms with Crippen molar-refractivity contribution in [1.82, 2.24) is 14.5 Å². The van der Waals surface area contributed by atoms with Gasteiger partial charge in [-0.1, -0.05) is 6.07 Å². The minimum Gasteiger partial charge on any atom is -0.505 e. The fourth-order valence-corrected chi connectivity index (χ4v) is 2.66. The van der Waals surface area contributed by atoms with Crippen molar-refractivity contribution < 1.29 is 28.6 Å². The van der Waals surface area contributed by atoms with E-state index in [1.807, 2.05) is 5.32 Å². The highest BCUT2D eigenvalue weighted by Crippen LogP contribution is 2.22. The normalized spacial score (nSPS) is 10.9. The second-order valence-electron chi connectivity index (χ2n) is 5.60. The number of benzene rings is 1. The molecule has 1 aromatic carbocycles. The molecule has 0 atom stereocenters. The fraction of sp³-hybridized carbons (Fsp3) is 0.118. The number of halogens is 2. The van der Waals surface area contributed by atoms with Crippen LogP contribution in [0.4, 0.5) is 8.78 Å². The monoisotopic (exact) mass is 377 g/mol. The van der Waals surface area contributed by atoms with Crippen molar-refractivity contribution in [3.8, 4) is 5.75 Å². The maximum absolute atomic E-state index is 14.0. The number of carbonyl (C=O) groups is 2. The summed E-state index contributed by atoms with van der Waals surface area (Å²) in [7, 11) is 0. The molecule has 2 heterocycles. The lowest BCUT2D eigenvalue weighted by molar-refractivity contribution is -0.135. The molecule has 0 aliphatic carbocycles. The van der Waals surface area contributed by atoms with Crippen molar-refractivity contribution in [3.63, 3.8) is 0 Å². The molecule has 140 valence electrons. The molecule has 1 amide bonds. The number of carbonyl (C=O) groups excluding carboxylic acids is 1. The molecule has 0 saturated heterocycles. The number of carboxylic acids is 1. The van der Waals surface area contributed by atoms with Crippen LogP contribution in [-0.4, -0.2) is 37.8 Å². The van der Waals surface area contributed by atoms with Crippen LogP contribution in [0.5, 0.6) is 5.75 Å². The molecular formula is C17H13F2N3O5. The van der Waals surface area contributed by atoms with E-state index in [1.54, 1.807) is 0 Å². The molecule has 0 saturated carbocycles. The van der Waals surface area contributed by atoms with Gasteiger partial charge in [-0.2, -0.15) is 0 Å². The van der Waals surface area contributed by atoms with Gasteiger partial charge in [-0.05, 0) is 24.3 Å². The Hall–Kier alpha value is -3.69. The van der Waals surface area contributed by atoms with E-state index < -0.39 is 59.0 Å². The highest BCUT2D eigenvalue weighted by molar-refractivity contribution is 5.99. The van der Waals surface area contributed by atoms with Crippen LogP contribution in [0.2, 0.25) is 0 Å². The van der Waals surface area contributed by atoms with Gasteiger partial charge >= 0.3 is 5.97 Å². The second-order valence-corrected chi connectivity index (χ2v) is 5.60. The van der Waals surface area contributed by atoms with E-state index in [0.29, 0.717) is 0 Å². The van der Waals surface area contributed by atoms with Crippen LogP contribution in [0.15, 0.2) is 41.3 Å². The van der Waals surface area contributed by atoms with Crippen LogP contribution in [0.1, 0.15) is 15.9 Å². The number of rotatable bonds is 5. The minimum absolute atomic E-state index is 0.0341. The Bertz CT molecular complexity index is 1100. The Kier molecular flexibility index (Phi) is 4.63. The molecule has 10 heteroatoms. The summed E-state index contributed by atoms with van der Waals surface area (Å²) in [6.45, 7) is -1.33. The van der Waals surface area contributed by atoms with Gasteiger partial charge in [-0.25, -0.2) is 13.5 Å². The van der Waals surface area contributed by atoms with Crippen LogP contribution in [0, 0.1) is 11.6 Å². The SMILES string of the molecule is O=C(O)CNC(=O)c1c(O)c2cccn2n(Cc2c(F)cccc2F)c1=O. The first kappa shape index (κ1) is 18.1. The van der Waals surface area contributed by atoms with Gasteiger partial charge in [-0.15, -0.1) is 0 Å². The third kappa shape index (κ3) is 3.24. The van der Waals surface area contributed by atoms with Gasteiger partial charge in [0.25, 0.3) is 11.5 Å². The Morgan fingerprint density at radius 1 is 1.11 bits per heavy atom. The van der Waals surface area contributed by atoms with Gasteiger partial charge in [0, 0.05) is 11.8 Å². The topological polar surface area (TPSA) is 113 Å². The largest absolute Gasteiger partial charge is 0.505 e. The maximum atomic E-state index is 14.0. The van der Waals surface area contributed by atoms with Crippen LogP contribution < -0.4 is 10.9 Å². The van der Waals surface area contributed by atoms with Gasteiger partial charge in [0.15, 0.2) is 5.75 Å². The van der Waals surface area contributed by atoms with Crippen LogP contribution >= 0.6 is 0 Å². The first-order valence-electron chi connectivity index (χ1n) is 7.67. The Balaban J connectivity index is 2.18. The molecule has 3 N–H and O–H groups in total. The molecule has 0 aliphatic heterocycles. The molecule has 0 radical (unpaired) electrons. The maximum Gasteiger partial charge on any atom is 0.322 e. The molecule has 2 aromatic heterocycles. The number of hydrogen-bond donors (Lipinski definition) is 3. The number of aromatic nitrogens is 2. The molecule has 0 bridgehead atoms. The summed E-state index contributed by atoms with van der Waals surface area (Å²) in [6.07, 6.45) is 1.37. The smallest absolute Gasteiger partial charge is 0.322 e. The lowest BCUT2D eigenvalue weighted by atomic mass is 10.2. The highest BCUT2D eigenvalue weighted by Gasteiger charge is 2.23. The van der Waals surface area contributed by atoms with Crippen LogP contribution in [0.25, 0.3) is 5.52 Å². The summed E-state index contributed by atoms with van der Waals surface area (Å²) in [5, 5.41) is 20.9. The first-order valence-corrected chi connectivity index (χ1v) is 7.67. The number of nitrogens with zero attached hydrogens (tertiary/aromatic N) is 2. The van der Waals surface area contributed by atoms with E-state index in [2.05, 4.69) is 0 Å². The molecule has 0 fully saturated rings. The predicted molar refractivity (Wildman–Crippen MR) is 88.8 cm³/mol. The molecule has 3 rings (SSSR count). The lowest BCUT2D eigenvalue weighted by Crippen LogP contribution is -2.37. The molecule has 27 heavy (non-hydrogen) atoms. The van der Waals surface area contributed by atoms with Crippen molar-refractivity contribution in [1.29, 1.82) is 0 Å². The zero-order valence-corrected chi connectivity index (χ0v) is 13.6. The van der Waals surface area contributed by atoms with Crippen molar-refractivity contribution in [2.75, 3.05) is 6.54 Å². The standard InChI is InChI=1S/C17H13F2N3O5/c18-10-3-1-4-11(19)9(10)8-22-17(27)14(16(26)20-7-13(23)24)15(25)12-5-2-6-21(12)22/h1-6,25H,7-8H2,(H,20,26)(H,23,24). The first-order chi connectivity index (χ1) is 12.8. The summed E-state index contributed by atoms with van der Waals surface area (Å²) in [5.41, 5.74) is -2.13. The van der Waals surface area contributed by atoms with Crippen molar-refractivity contribution in [3.05, 3.63) is 69.6 Å². The van der Waals surface area contributed by atoms with E-state index in [-0.39, 0.29) is 5.52 Å². The number of hydrogen-bond acceptors (Lipinski definition) is 4. The number of aromatic hydroxyl groups is 1. The van der Waals surface area contributed by atoms with E-state index in [0.717, 1.165) is 21.3 Å². The molecular weight excluding hydrogens is 364 g/mol. The molecule has 0 spiro atoms. The number of carboxylic acid groups (broad SMARTS) is 1. The Labute approximate surface area is 149 Å². The summed E-state index contributed by atoms with van der Waals surface area (Å²) in [6, 6.07) is 6.07. The summed E-state index contributed by atoms with van der Waals surface area (Å²) in [4.78, 5) is 35.5. The highest BCUT2D eigenvalue weighted by atomic mass is 19.1. The van der Waals surface area contributed by atoms with Gasteiger partial charge in [0.1, 0.15) is 29.3 Å². The zero-order chi connectivity index (χ0) is 19.7.